The first-order chi connectivity index (χ1) is 12.2. The molecule has 136 valence electrons. The van der Waals surface area contributed by atoms with Gasteiger partial charge in [-0.1, -0.05) is 42.2 Å². The second-order valence-corrected chi connectivity index (χ2v) is 9.23. The van der Waals surface area contributed by atoms with Gasteiger partial charge in [-0.2, -0.15) is 0 Å². The Hall–Kier alpha value is -2.04. The van der Waals surface area contributed by atoms with Gasteiger partial charge in [0, 0.05) is 11.0 Å². The van der Waals surface area contributed by atoms with Gasteiger partial charge in [0.15, 0.2) is 9.84 Å². The van der Waals surface area contributed by atoms with Gasteiger partial charge < -0.3 is 5.32 Å². The zero-order chi connectivity index (χ0) is 18.9. The minimum atomic E-state index is -3.29. The number of sulfone groups is 1. The minimum Gasteiger partial charge on any atom is -0.347 e. The number of thioether (sulfide) groups is 1. The number of carbonyl (C=O) groups excluding carboxylic acids is 2. The molecular weight excluding hydrogens is 399 g/mol. The second-order valence-electron chi connectivity index (χ2n) is 5.62. The smallest absolute Gasteiger partial charge is 0.266 e. The summed E-state index contributed by atoms with van der Waals surface area (Å²) >= 11 is 6.11. The van der Waals surface area contributed by atoms with Gasteiger partial charge in [-0.25, -0.2) is 12.8 Å². The number of carbonyl (C=O) groups is 2. The van der Waals surface area contributed by atoms with E-state index in [0.717, 1.165) is 22.1 Å². The minimum absolute atomic E-state index is 0.183. The van der Waals surface area contributed by atoms with Crippen LogP contribution >= 0.6 is 24.0 Å². The molecule has 0 aromatic heterocycles. The van der Waals surface area contributed by atoms with E-state index >= 15 is 0 Å². The first-order valence-corrected chi connectivity index (χ1v) is 10.4. The zero-order valence-corrected chi connectivity index (χ0v) is 15.7. The summed E-state index contributed by atoms with van der Waals surface area (Å²) in [4.78, 5) is 25.9. The van der Waals surface area contributed by atoms with Crippen LogP contribution in [0, 0.1) is 5.82 Å². The molecule has 0 bridgehead atoms. The van der Waals surface area contributed by atoms with Crippen LogP contribution in [0.4, 0.5) is 4.39 Å². The van der Waals surface area contributed by atoms with E-state index in [0.29, 0.717) is 0 Å². The maximum absolute atomic E-state index is 13.7. The highest BCUT2D eigenvalue weighted by molar-refractivity contribution is 8.26. The summed E-state index contributed by atoms with van der Waals surface area (Å²) < 4.78 is 36.6. The van der Waals surface area contributed by atoms with Crippen LogP contribution in [0.3, 0.4) is 0 Å². The van der Waals surface area contributed by atoms with Crippen molar-refractivity contribution < 1.29 is 22.4 Å². The Bertz CT molecular complexity index is 956. The lowest BCUT2D eigenvalue weighted by Crippen LogP contribution is -2.43. The molecular formula is C16H13FN2O4S3. The van der Waals surface area contributed by atoms with Crippen molar-refractivity contribution in [3.63, 3.8) is 0 Å². The second kappa shape index (κ2) is 7.29. The Kier molecular flexibility index (Phi) is 5.26. The van der Waals surface area contributed by atoms with Crippen molar-refractivity contribution in [2.24, 2.45) is 0 Å². The predicted molar refractivity (Wildman–Crippen MR) is 101 cm³/mol. The van der Waals surface area contributed by atoms with E-state index in [9.17, 15) is 22.4 Å². The number of hydrogen-bond acceptors (Lipinski definition) is 6. The number of benzene rings is 1. The van der Waals surface area contributed by atoms with E-state index in [-0.39, 0.29) is 27.1 Å². The molecule has 1 N–H and O–H groups in total. The molecule has 0 radical (unpaired) electrons. The maximum Gasteiger partial charge on any atom is 0.266 e. The van der Waals surface area contributed by atoms with Crippen LogP contribution in [0.15, 0.2) is 40.7 Å². The first kappa shape index (κ1) is 18.7. The fraction of sp³-hybridized carbons (Fsp3) is 0.188. The summed E-state index contributed by atoms with van der Waals surface area (Å²) in [6, 6.07) is 5.37. The van der Waals surface area contributed by atoms with Crippen LogP contribution in [0.5, 0.6) is 0 Å². The van der Waals surface area contributed by atoms with Crippen LogP contribution in [0.2, 0.25) is 0 Å². The summed E-state index contributed by atoms with van der Waals surface area (Å²) in [6.45, 7) is -0.330. The lowest BCUT2D eigenvalue weighted by atomic mass is 10.2. The zero-order valence-electron chi connectivity index (χ0n) is 13.2. The molecule has 3 rings (SSSR count). The third kappa shape index (κ3) is 4.19. The number of amides is 2. The lowest BCUT2D eigenvalue weighted by Gasteiger charge is -2.16. The Morgan fingerprint density at radius 1 is 1.42 bits per heavy atom. The topological polar surface area (TPSA) is 83.6 Å². The van der Waals surface area contributed by atoms with Crippen molar-refractivity contribution in [1.82, 2.24) is 10.2 Å². The SMILES string of the molecule is O=C(CN1C(=O)/C(=C\c2ccccc2F)SC1=S)N[C@@H]1C=CS(=O)(=O)C1. The van der Waals surface area contributed by atoms with Gasteiger partial charge in [0.2, 0.25) is 5.91 Å². The highest BCUT2D eigenvalue weighted by Crippen LogP contribution is 2.32. The van der Waals surface area contributed by atoms with Gasteiger partial charge in [0.25, 0.3) is 5.91 Å². The molecule has 0 aliphatic carbocycles. The van der Waals surface area contributed by atoms with E-state index in [1.54, 1.807) is 12.1 Å². The third-order valence-corrected chi connectivity index (χ3v) is 6.42. The van der Waals surface area contributed by atoms with Crippen LogP contribution in [0.1, 0.15) is 5.56 Å². The van der Waals surface area contributed by atoms with E-state index in [2.05, 4.69) is 5.32 Å². The molecule has 2 aliphatic heterocycles. The Balaban J connectivity index is 1.67. The Morgan fingerprint density at radius 2 is 2.15 bits per heavy atom. The number of halogens is 1. The van der Waals surface area contributed by atoms with Crippen LogP contribution in [0.25, 0.3) is 6.08 Å². The van der Waals surface area contributed by atoms with Gasteiger partial charge in [-0.3, -0.25) is 14.5 Å². The molecule has 1 atom stereocenters. The quantitative estimate of drug-likeness (QED) is 0.595. The largest absolute Gasteiger partial charge is 0.347 e. The molecule has 1 aromatic carbocycles. The van der Waals surface area contributed by atoms with E-state index in [1.165, 1.54) is 24.3 Å². The molecule has 6 nitrogen and oxygen atoms in total. The average molecular weight is 412 g/mol. The highest BCUT2D eigenvalue weighted by atomic mass is 32.2. The monoisotopic (exact) mass is 412 g/mol. The molecule has 2 amide bonds. The molecule has 0 unspecified atom stereocenters. The highest BCUT2D eigenvalue weighted by Gasteiger charge is 2.34. The average Bonchev–Trinajstić information content (AvgIpc) is 3.03. The lowest BCUT2D eigenvalue weighted by molar-refractivity contribution is -0.128. The summed E-state index contributed by atoms with van der Waals surface area (Å²) in [7, 11) is -3.29. The first-order valence-electron chi connectivity index (χ1n) is 7.45. The molecule has 1 aromatic rings. The van der Waals surface area contributed by atoms with Gasteiger partial charge in [-0.05, 0) is 18.2 Å². The molecule has 10 heteroatoms. The number of rotatable bonds is 4. The fourth-order valence-corrected chi connectivity index (χ4v) is 4.91. The van der Waals surface area contributed by atoms with Gasteiger partial charge >= 0.3 is 0 Å². The number of hydrogen-bond donors (Lipinski definition) is 1. The summed E-state index contributed by atoms with van der Waals surface area (Å²) in [5, 5.41) is 3.58. The molecule has 1 fully saturated rings. The number of nitrogens with one attached hydrogen (secondary N) is 1. The molecule has 2 aliphatic rings. The summed E-state index contributed by atoms with van der Waals surface area (Å²) in [5.41, 5.74) is 0.249. The van der Waals surface area contributed by atoms with Crippen molar-refractivity contribution in [2.45, 2.75) is 6.04 Å². The summed E-state index contributed by atoms with van der Waals surface area (Å²) in [6.07, 6.45) is 2.77. The molecule has 26 heavy (non-hydrogen) atoms. The van der Waals surface area contributed by atoms with Gasteiger partial charge in [0.1, 0.15) is 16.7 Å². The number of thiocarbonyl (C=S) groups is 1. The fourth-order valence-electron chi connectivity index (χ4n) is 2.43. The van der Waals surface area contributed by atoms with Crippen molar-refractivity contribution in [1.29, 1.82) is 0 Å². The predicted octanol–water partition coefficient (Wildman–Crippen LogP) is 1.45. The maximum atomic E-state index is 13.7. The Labute approximate surface area is 159 Å². The van der Waals surface area contributed by atoms with Gasteiger partial charge in [-0.15, -0.1) is 0 Å². The van der Waals surface area contributed by atoms with Crippen LogP contribution in [-0.4, -0.2) is 47.8 Å². The van der Waals surface area contributed by atoms with Crippen molar-refractivity contribution >= 4 is 56.0 Å². The standard InChI is InChI=1S/C16H13FN2O4S3/c17-12-4-2-1-3-10(12)7-13-15(21)19(16(24)25-13)8-14(20)18-11-5-6-26(22,23)9-11/h1-7,11H,8-9H2,(H,18,20)/b13-7+/t11-/m1/s1. The van der Waals surface area contributed by atoms with Crippen molar-refractivity contribution in [2.75, 3.05) is 12.3 Å². The van der Waals surface area contributed by atoms with E-state index < -0.39 is 33.5 Å². The number of nitrogens with zero attached hydrogens (tertiary/aromatic N) is 1. The van der Waals surface area contributed by atoms with Crippen LogP contribution in [-0.2, 0) is 19.4 Å². The van der Waals surface area contributed by atoms with E-state index in [4.69, 9.17) is 12.2 Å². The normalized spacial score (nSPS) is 23.0. The van der Waals surface area contributed by atoms with Crippen LogP contribution < -0.4 is 5.32 Å². The van der Waals surface area contributed by atoms with E-state index in [1.807, 2.05) is 0 Å². The van der Waals surface area contributed by atoms with Crippen molar-refractivity contribution in [3.8, 4) is 0 Å². The Morgan fingerprint density at radius 3 is 2.81 bits per heavy atom. The van der Waals surface area contributed by atoms with Gasteiger partial charge in [0.05, 0.1) is 16.7 Å². The molecule has 0 spiro atoms. The van der Waals surface area contributed by atoms with Crippen molar-refractivity contribution in [3.05, 3.63) is 52.0 Å². The molecule has 2 heterocycles. The summed E-state index contributed by atoms with van der Waals surface area (Å²) in [5.74, 6) is -1.69. The molecule has 0 saturated carbocycles. The molecule has 1 saturated heterocycles. The third-order valence-electron chi connectivity index (χ3n) is 3.64.